The Morgan fingerprint density at radius 2 is 0.964 bits per heavy atom. The van der Waals surface area contributed by atoms with Gasteiger partial charge in [0.15, 0.2) is 0 Å². The van der Waals surface area contributed by atoms with E-state index in [1.807, 2.05) is 0 Å². The maximum Gasteiger partial charge on any atom is 0.257 e. The Balaban J connectivity index is 1.17. The average molecular weight is 715 g/mol. The number of fused-ring (bicyclic) bond motifs is 6. The zero-order chi connectivity index (χ0) is 37.0. The number of para-hydroxylation sites is 2. The summed E-state index contributed by atoms with van der Waals surface area (Å²) >= 11 is 0. The largest absolute Gasteiger partial charge is 0.458 e. The van der Waals surface area contributed by atoms with Crippen LogP contribution in [0, 0.1) is 0 Å². The van der Waals surface area contributed by atoms with E-state index in [2.05, 4.69) is 222 Å². The zero-order valence-corrected chi connectivity index (χ0v) is 30.6. The number of benzene rings is 9. The molecule has 0 aromatic heterocycles. The van der Waals surface area contributed by atoms with Gasteiger partial charge in [0.05, 0.1) is 5.69 Å². The molecule has 2 heterocycles. The van der Waals surface area contributed by atoms with Crippen LogP contribution in [0.4, 0.5) is 34.1 Å². The van der Waals surface area contributed by atoms with E-state index in [0.717, 1.165) is 39.9 Å². The second kappa shape index (κ2) is 13.2. The number of rotatable bonds is 6. The minimum absolute atomic E-state index is 0.0563. The van der Waals surface area contributed by atoms with Crippen molar-refractivity contribution in [1.82, 2.24) is 0 Å². The van der Waals surface area contributed by atoms with Crippen molar-refractivity contribution >= 4 is 68.0 Å². The SMILES string of the molecule is c1ccc(-c2cccc(N3c4cc(-c5ccccc5)ccc4B4c5c(cccc53)Oc3cc(N(c5ccccc5)c5ccccc5)c5ccccc5c34)c2)cc1. The molecule has 0 unspecified atom stereocenters. The molecule has 2 aliphatic heterocycles. The minimum Gasteiger partial charge on any atom is -0.458 e. The summed E-state index contributed by atoms with van der Waals surface area (Å²) in [7, 11) is 0. The number of ether oxygens (including phenoxy) is 1. The maximum absolute atomic E-state index is 7.13. The van der Waals surface area contributed by atoms with Gasteiger partial charge in [0.1, 0.15) is 11.5 Å². The van der Waals surface area contributed by atoms with Crippen LogP contribution in [0.2, 0.25) is 0 Å². The standard InChI is InChI=1S/C52H35BN2O/c1-5-17-36(18-6-1)38-21-15-26-42(33-38)55-46-29-16-30-49-52(46)53(45-32-31-39(34-48(45)55)37-19-7-2-8-20-37)51-44-28-14-13-27-43(44)47(35-50(51)56-49)54(40-22-9-3-10-23-40)41-24-11-4-12-25-41/h1-35H. The summed E-state index contributed by atoms with van der Waals surface area (Å²) in [5, 5.41) is 2.35. The Labute approximate surface area is 327 Å². The van der Waals surface area contributed by atoms with E-state index in [1.54, 1.807) is 0 Å². The highest BCUT2D eigenvalue weighted by Gasteiger charge is 2.43. The van der Waals surface area contributed by atoms with Crippen molar-refractivity contribution in [3.05, 3.63) is 212 Å². The molecule has 2 aliphatic rings. The summed E-state index contributed by atoms with van der Waals surface area (Å²) in [5.74, 6) is 1.76. The van der Waals surface area contributed by atoms with Crippen LogP contribution in [0.15, 0.2) is 212 Å². The summed E-state index contributed by atoms with van der Waals surface area (Å²) in [5.41, 5.74) is 15.0. The first kappa shape index (κ1) is 32.2. The van der Waals surface area contributed by atoms with Gasteiger partial charge in [-0.25, -0.2) is 0 Å². The van der Waals surface area contributed by atoms with E-state index in [1.165, 1.54) is 55.1 Å². The summed E-state index contributed by atoms with van der Waals surface area (Å²) in [6.07, 6.45) is 0. The van der Waals surface area contributed by atoms with E-state index in [4.69, 9.17) is 4.74 Å². The van der Waals surface area contributed by atoms with E-state index in [-0.39, 0.29) is 6.71 Å². The van der Waals surface area contributed by atoms with Gasteiger partial charge < -0.3 is 14.5 Å². The van der Waals surface area contributed by atoms with Gasteiger partial charge in [0, 0.05) is 39.9 Å². The van der Waals surface area contributed by atoms with Crippen LogP contribution in [0.3, 0.4) is 0 Å². The molecule has 0 bridgehead atoms. The lowest BCUT2D eigenvalue weighted by molar-refractivity contribution is 0.488. The first-order chi connectivity index (χ1) is 27.8. The first-order valence-corrected chi connectivity index (χ1v) is 19.2. The molecule has 262 valence electrons. The van der Waals surface area contributed by atoms with E-state index >= 15 is 0 Å². The van der Waals surface area contributed by atoms with Gasteiger partial charge in [-0.2, -0.15) is 0 Å². The van der Waals surface area contributed by atoms with Crippen LogP contribution < -0.4 is 30.9 Å². The maximum atomic E-state index is 7.13. The second-order valence-corrected chi connectivity index (χ2v) is 14.5. The molecular formula is C52H35BN2O. The normalized spacial score (nSPS) is 12.4. The molecular weight excluding hydrogens is 679 g/mol. The van der Waals surface area contributed by atoms with Gasteiger partial charge in [-0.1, -0.05) is 152 Å². The fourth-order valence-corrected chi connectivity index (χ4v) is 8.84. The Morgan fingerprint density at radius 3 is 1.64 bits per heavy atom. The Bertz CT molecular complexity index is 2860. The average Bonchev–Trinajstić information content (AvgIpc) is 3.27. The van der Waals surface area contributed by atoms with Crippen LogP contribution in [0.5, 0.6) is 11.5 Å². The third-order valence-electron chi connectivity index (χ3n) is 11.3. The lowest BCUT2D eigenvalue weighted by Gasteiger charge is -2.41. The number of anilines is 6. The van der Waals surface area contributed by atoms with Crippen molar-refractivity contribution in [3.63, 3.8) is 0 Å². The molecule has 0 saturated carbocycles. The highest BCUT2D eigenvalue weighted by molar-refractivity contribution is 7.00. The Morgan fingerprint density at radius 1 is 0.393 bits per heavy atom. The van der Waals surface area contributed by atoms with Gasteiger partial charge in [0.25, 0.3) is 6.71 Å². The molecule has 4 heteroatoms. The molecule has 0 spiro atoms. The van der Waals surface area contributed by atoms with Crippen LogP contribution >= 0.6 is 0 Å². The smallest absolute Gasteiger partial charge is 0.257 e. The summed E-state index contributed by atoms with van der Waals surface area (Å²) < 4.78 is 7.13. The number of hydrogen-bond acceptors (Lipinski definition) is 3. The topological polar surface area (TPSA) is 15.7 Å². The third kappa shape index (κ3) is 5.22. The molecule has 3 nitrogen and oxygen atoms in total. The molecule has 0 aliphatic carbocycles. The molecule has 9 aromatic rings. The van der Waals surface area contributed by atoms with Crippen molar-refractivity contribution in [3.8, 4) is 33.8 Å². The van der Waals surface area contributed by atoms with Crippen molar-refractivity contribution in [1.29, 1.82) is 0 Å². The van der Waals surface area contributed by atoms with Gasteiger partial charge in [-0.05, 0) is 98.6 Å². The molecule has 11 rings (SSSR count). The van der Waals surface area contributed by atoms with Gasteiger partial charge >= 0.3 is 0 Å². The first-order valence-electron chi connectivity index (χ1n) is 19.2. The lowest BCUT2D eigenvalue weighted by Crippen LogP contribution is -2.59. The van der Waals surface area contributed by atoms with Crippen LogP contribution in [-0.4, -0.2) is 6.71 Å². The number of hydrogen-bond donors (Lipinski definition) is 0. The monoisotopic (exact) mass is 714 g/mol. The minimum atomic E-state index is -0.0563. The molecule has 9 aromatic carbocycles. The molecule has 0 fully saturated rings. The number of nitrogens with zero attached hydrogens (tertiary/aromatic N) is 2. The van der Waals surface area contributed by atoms with Crippen LogP contribution in [0.25, 0.3) is 33.0 Å². The Hall–Kier alpha value is -7.30. The fraction of sp³-hybridized carbons (Fsp3) is 0. The van der Waals surface area contributed by atoms with Crippen LogP contribution in [-0.2, 0) is 0 Å². The predicted molar refractivity (Wildman–Crippen MR) is 235 cm³/mol. The Kier molecular flexibility index (Phi) is 7.60. The van der Waals surface area contributed by atoms with Gasteiger partial charge in [-0.15, -0.1) is 0 Å². The van der Waals surface area contributed by atoms with Crippen molar-refractivity contribution in [2.45, 2.75) is 0 Å². The van der Waals surface area contributed by atoms with Crippen molar-refractivity contribution in [2.24, 2.45) is 0 Å². The van der Waals surface area contributed by atoms with E-state index in [0.29, 0.717) is 0 Å². The zero-order valence-electron chi connectivity index (χ0n) is 30.6. The van der Waals surface area contributed by atoms with Crippen molar-refractivity contribution in [2.75, 3.05) is 9.80 Å². The second-order valence-electron chi connectivity index (χ2n) is 14.5. The third-order valence-corrected chi connectivity index (χ3v) is 11.3. The quantitative estimate of drug-likeness (QED) is 0.160. The summed E-state index contributed by atoms with van der Waals surface area (Å²) in [6, 6.07) is 76.2. The highest BCUT2D eigenvalue weighted by Crippen LogP contribution is 2.46. The molecule has 56 heavy (non-hydrogen) atoms. The van der Waals surface area contributed by atoms with E-state index in [9.17, 15) is 0 Å². The van der Waals surface area contributed by atoms with Gasteiger partial charge in [-0.3, -0.25) is 0 Å². The molecule has 0 radical (unpaired) electrons. The molecule has 0 N–H and O–H groups in total. The van der Waals surface area contributed by atoms with Crippen LogP contribution in [0.1, 0.15) is 0 Å². The lowest BCUT2D eigenvalue weighted by atomic mass is 9.33. The summed E-state index contributed by atoms with van der Waals surface area (Å²) in [6.45, 7) is -0.0563. The molecule has 0 amide bonds. The molecule has 0 saturated heterocycles. The van der Waals surface area contributed by atoms with Crippen molar-refractivity contribution < 1.29 is 4.74 Å². The fourth-order valence-electron chi connectivity index (χ4n) is 8.84. The van der Waals surface area contributed by atoms with E-state index < -0.39 is 0 Å². The van der Waals surface area contributed by atoms with Gasteiger partial charge in [0.2, 0.25) is 0 Å². The molecule has 0 atom stereocenters. The predicted octanol–water partition coefficient (Wildman–Crippen LogP) is 12.0. The highest BCUT2D eigenvalue weighted by atomic mass is 16.5. The summed E-state index contributed by atoms with van der Waals surface area (Å²) in [4.78, 5) is 4.79.